The molecule has 0 radical (unpaired) electrons. The molecule has 2 aliphatic rings. The van der Waals surface area contributed by atoms with Gasteiger partial charge in [0.15, 0.2) is 0 Å². The molecular weight excluding hydrogens is 203 g/mol. The fourth-order valence-corrected chi connectivity index (χ4v) is 3.54. The number of hydrogen-bond donors (Lipinski definition) is 1. The lowest BCUT2D eigenvalue weighted by Crippen LogP contribution is -2.35. The summed E-state index contributed by atoms with van der Waals surface area (Å²) < 4.78 is 13.9. The topological polar surface area (TPSA) is 20.2 Å². The molecule has 2 fully saturated rings. The van der Waals surface area contributed by atoms with Gasteiger partial charge < -0.3 is 5.11 Å². The fraction of sp³-hybridized carbons (Fsp3) is 1.00. The van der Waals surface area contributed by atoms with E-state index in [1.807, 2.05) is 0 Å². The highest BCUT2D eigenvalue weighted by Crippen LogP contribution is 2.43. The summed E-state index contributed by atoms with van der Waals surface area (Å²) in [5, 5.41) is 9.01. The molecule has 16 heavy (non-hydrogen) atoms. The summed E-state index contributed by atoms with van der Waals surface area (Å²) in [5.41, 5.74) is -1.25. The van der Waals surface area contributed by atoms with Crippen molar-refractivity contribution in [2.45, 2.75) is 64.0 Å². The zero-order valence-corrected chi connectivity index (χ0v) is 10.4. The van der Waals surface area contributed by atoms with Crippen LogP contribution in [-0.2, 0) is 0 Å². The number of aliphatic hydroxyl groups excluding tert-OH is 1. The van der Waals surface area contributed by atoms with Crippen LogP contribution in [0.3, 0.4) is 0 Å². The van der Waals surface area contributed by atoms with Gasteiger partial charge >= 0.3 is 0 Å². The third-order valence-corrected chi connectivity index (χ3v) is 4.94. The molecule has 0 aromatic carbocycles. The van der Waals surface area contributed by atoms with E-state index in [9.17, 15) is 4.39 Å². The van der Waals surface area contributed by atoms with Crippen molar-refractivity contribution >= 4 is 0 Å². The molecule has 0 amide bonds. The number of halogens is 1. The van der Waals surface area contributed by atoms with E-state index < -0.39 is 5.67 Å². The zero-order chi connectivity index (χ0) is 11.6. The second kappa shape index (κ2) is 5.03. The summed E-state index contributed by atoms with van der Waals surface area (Å²) in [5.74, 6) is 2.49. The quantitative estimate of drug-likeness (QED) is 0.764. The van der Waals surface area contributed by atoms with Crippen LogP contribution in [0.15, 0.2) is 0 Å². The van der Waals surface area contributed by atoms with Crippen LogP contribution in [-0.4, -0.2) is 17.4 Å². The van der Waals surface area contributed by atoms with E-state index in [1.54, 1.807) is 0 Å². The lowest BCUT2D eigenvalue weighted by Gasteiger charge is -2.39. The normalized spacial score (nSPS) is 45.6. The first-order chi connectivity index (χ1) is 7.63. The Bertz CT molecular complexity index is 213. The van der Waals surface area contributed by atoms with Gasteiger partial charge in [-0.3, -0.25) is 0 Å². The number of alkyl halides is 1. The van der Waals surface area contributed by atoms with E-state index in [1.165, 1.54) is 25.7 Å². The molecule has 2 heteroatoms. The minimum atomic E-state index is -1.25. The molecule has 2 saturated carbocycles. The monoisotopic (exact) mass is 228 g/mol. The van der Waals surface area contributed by atoms with Gasteiger partial charge in [0.1, 0.15) is 5.67 Å². The van der Waals surface area contributed by atoms with Gasteiger partial charge in [0.25, 0.3) is 0 Å². The second-order valence-corrected chi connectivity index (χ2v) is 6.17. The summed E-state index contributed by atoms with van der Waals surface area (Å²) in [6.45, 7) is 2.07. The maximum absolute atomic E-state index is 13.9. The summed E-state index contributed by atoms with van der Waals surface area (Å²) in [4.78, 5) is 0. The highest BCUT2D eigenvalue weighted by atomic mass is 19.1. The summed E-state index contributed by atoms with van der Waals surface area (Å²) >= 11 is 0. The highest BCUT2D eigenvalue weighted by Gasteiger charge is 2.37. The largest absolute Gasteiger partial charge is 0.393 e. The molecule has 1 nitrogen and oxygen atoms in total. The first-order valence-corrected chi connectivity index (χ1v) is 6.93. The van der Waals surface area contributed by atoms with Crippen LogP contribution in [0.2, 0.25) is 0 Å². The number of hydrogen-bond acceptors (Lipinski definition) is 1. The second-order valence-electron chi connectivity index (χ2n) is 6.17. The SMILES string of the molecule is CC1CCC(C2CCC(F)(CO)CC2)CC1. The van der Waals surface area contributed by atoms with Crippen molar-refractivity contribution in [3.8, 4) is 0 Å². The van der Waals surface area contributed by atoms with Crippen molar-refractivity contribution in [1.82, 2.24) is 0 Å². The van der Waals surface area contributed by atoms with Gasteiger partial charge in [-0.1, -0.05) is 19.8 Å². The molecule has 0 heterocycles. The minimum Gasteiger partial charge on any atom is -0.393 e. The van der Waals surface area contributed by atoms with E-state index in [0.717, 1.165) is 30.6 Å². The lowest BCUT2D eigenvalue weighted by molar-refractivity contribution is 0.00847. The van der Waals surface area contributed by atoms with Gasteiger partial charge in [-0.05, 0) is 56.3 Å². The summed E-state index contributed by atoms with van der Waals surface area (Å²) in [6.07, 6.45) is 8.59. The molecule has 0 aromatic rings. The summed E-state index contributed by atoms with van der Waals surface area (Å²) in [7, 11) is 0. The van der Waals surface area contributed by atoms with Crippen molar-refractivity contribution in [3.63, 3.8) is 0 Å². The molecule has 0 bridgehead atoms. The van der Waals surface area contributed by atoms with Crippen LogP contribution >= 0.6 is 0 Å². The van der Waals surface area contributed by atoms with Crippen LogP contribution in [0.25, 0.3) is 0 Å². The standard InChI is InChI=1S/C14H25FO/c1-11-2-4-12(5-3-11)13-6-8-14(15,10-16)9-7-13/h11-13,16H,2-10H2,1H3. The van der Waals surface area contributed by atoms with Crippen molar-refractivity contribution in [1.29, 1.82) is 0 Å². The van der Waals surface area contributed by atoms with Crippen molar-refractivity contribution in [2.24, 2.45) is 17.8 Å². The third-order valence-electron chi connectivity index (χ3n) is 4.94. The number of aliphatic hydroxyl groups is 1. The lowest BCUT2D eigenvalue weighted by atomic mass is 9.69. The Hall–Kier alpha value is -0.110. The zero-order valence-electron chi connectivity index (χ0n) is 10.4. The Morgan fingerprint density at radius 1 is 1.00 bits per heavy atom. The first kappa shape index (κ1) is 12.3. The van der Waals surface area contributed by atoms with E-state index in [2.05, 4.69) is 6.92 Å². The maximum atomic E-state index is 13.9. The Morgan fingerprint density at radius 3 is 2.00 bits per heavy atom. The van der Waals surface area contributed by atoms with Crippen LogP contribution in [0.4, 0.5) is 4.39 Å². The van der Waals surface area contributed by atoms with Gasteiger partial charge in [0, 0.05) is 0 Å². The van der Waals surface area contributed by atoms with Gasteiger partial charge in [-0.25, -0.2) is 4.39 Å². The first-order valence-electron chi connectivity index (χ1n) is 6.93. The van der Waals surface area contributed by atoms with Crippen molar-refractivity contribution in [2.75, 3.05) is 6.61 Å². The minimum absolute atomic E-state index is 0.276. The molecule has 0 spiro atoms. The van der Waals surface area contributed by atoms with Gasteiger partial charge in [0.2, 0.25) is 0 Å². The molecule has 94 valence electrons. The molecule has 0 atom stereocenters. The third kappa shape index (κ3) is 2.77. The molecule has 2 aliphatic carbocycles. The van der Waals surface area contributed by atoms with Gasteiger partial charge in [-0.2, -0.15) is 0 Å². The van der Waals surface area contributed by atoms with E-state index in [-0.39, 0.29) is 6.61 Å². The van der Waals surface area contributed by atoms with Crippen LogP contribution in [0.5, 0.6) is 0 Å². The predicted molar refractivity (Wildman–Crippen MR) is 64.0 cm³/mol. The average molecular weight is 228 g/mol. The van der Waals surface area contributed by atoms with Crippen LogP contribution in [0, 0.1) is 17.8 Å². The van der Waals surface area contributed by atoms with Gasteiger partial charge in [0.05, 0.1) is 6.61 Å². The van der Waals surface area contributed by atoms with E-state index in [0.29, 0.717) is 12.8 Å². The Kier molecular flexibility index (Phi) is 3.89. The Morgan fingerprint density at radius 2 is 1.50 bits per heavy atom. The maximum Gasteiger partial charge on any atom is 0.134 e. The average Bonchev–Trinajstić information content (AvgIpc) is 2.32. The Balaban J connectivity index is 1.80. The molecule has 1 N–H and O–H groups in total. The molecular formula is C14H25FO. The molecule has 0 aromatic heterocycles. The van der Waals surface area contributed by atoms with Crippen molar-refractivity contribution < 1.29 is 9.50 Å². The summed E-state index contributed by atoms with van der Waals surface area (Å²) in [6, 6.07) is 0. The van der Waals surface area contributed by atoms with E-state index in [4.69, 9.17) is 5.11 Å². The van der Waals surface area contributed by atoms with E-state index >= 15 is 0 Å². The van der Waals surface area contributed by atoms with Crippen molar-refractivity contribution in [3.05, 3.63) is 0 Å². The predicted octanol–water partition coefficient (Wildman–Crippen LogP) is 3.70. The molecule has 0 saturated heterocycles. The fourth-order valence-electron chi connectivity index (χ4n) is 3.54. The molecule has 2 rings (SSSR count). The highest BCUT2D eigenvalue weighted by molar-refractivity contribution is 4.88. The van der Waals surface area contributed by atoms with Gasteiger partial charge in [-0.15, -0.1) is 0 Å². The smallest absolute Gasteiger partial charge is 0.134 e. The molecule has 0 aliphatic heterocycles. The Labute approximate surface area is 98.4 Å². The van der Waals surface area contributed by atoms with Crippen LogP contribution in [0.1, 0.15) is 58.3 Å². The van der Waals surface area contributed by atoms with Crippen LogP contribution < -0.4 is 0 Å². The molecule has 0 unspecified atom stereocenters. The number of rotatable bonds is 2.